The van der Waals surface area contributed by atoms with Crippen molar-refractivity contribution in [2.75, 3.05) is 5.32 Å². The van der Waals surface area contributed by atoms with Crippen LogP contribution in [0.3, 0.4) is 0 Å². The van der Waals surface area contributed by atoms with Crippen LogP contribution in [0.1, 0.15) is 28.2 Å². The van der Waals surface area contributed by atoms with Gasteiger partial charge in [0.1, 0.15) is 0 Å². The molecule has 0 heterocycles. The summed E-state index contributed by atoms with van der Waals surface area (Å²) >= 11 is 0. The van der Waals surface area contributed by atoms with Crippen molar-refractivity contribution in [3.8, 4) is 0 Å². The summed E-state index contributed by atoms with van der Waals surface area (Å²) in [6.07, 6.45) is -4.35. The Balaban J connectivity index is 1.70. The minimum absolute atomic E-state index is 0.358. The van der Waals surface area contributed by atoms with Gasteiger partial charge in [0.2, 0.25) is 0 Å². The summed E-state index contributed by atoms with van der Waals surface area (Å²) in [5.74, 6) is -1.20. The number of alkyl halides is 3. The van der Waals surface area contributed by atoms with Crippen molar-refractivity contribution in [1.82, 2.24) is 5.48 Å². The van der Waals surface area contributed by atoms with E-state index in [0.29, 0.717) is 17.7 Å². The van der Waals surface area contributed by atoms with Crippen LogP contribution in [0.5, 0.6) is 0 Å². The van der Waals surface area contributed by atoms with Gasteiger partial charge in [-0.15, -0.1) is 0 Å². The lowest BCUT2D eigenvalue weighted by atomic mass is 9.90. The molecule has 0 saturated carbocycles. The van der Waals surface area contributed by atoms with Gasteiger partial charge in [0.15, 0.2) is 0 Å². The summed E-state index contributed by atoms with van der Waals surface area (Å²) in [7, 11) is 0. The Bertz CT molecular complexity index is 941. The van der Waals surface area contributed by atoms with Crippen molar-refractivity contribution in [1.29, 1.82) is 0 Å². The lowest BCUT2D eigenvalue weighted by Gasteiger charge is -2.16. The third-order valence-corrected chi connectivity index (χ3v) is 4.53. The molecule has 0 aliphatic carbocycles. The fraction of sp³-hybridized carbons (Fsp3) is 0.136. The highest BCUT2D eigenvalue weighted by Gasteiger charge is 2.29. The van der Waals surface area contributed by atoms with Gasteiger partial charge in [-0.3, -0.25) is 10.0 Å². The molecule has 1 amide bonds. The molecule has 0 aromatic heterocycles. The first-order valence-electron chi connectivity index (χ1n) is 8.87. The largest absolute Gasteiger partial charge is 0.416 e. The number of hydroxylamine groups is 1. The molecule has 0 aliphatic rings. The van der Waals surface area contributed by atoms with Crippen LogP contribution < -0.4 is 10.8 Å². The fourth-order valence-corrected chi connectivity index (χ4v) is 3.01. The normalized spacial score (nSPS) is 12.3. The molecule has 3 rings (SSSR count). The van der Waals surface area contributed by atoms with Crippen LogP contribution in [0.4, 0.5) is 18.9 Å². The summed E-state index contributed by atoms with van der Waals surface area (Å²) in [5.41, 5.74) is 3.93. The number of rotatable bonds is 6. The third-order valence-electron chi connectivity index (χ3n) is 4.53. The molecule has 1 unspecified atom stereocenters. The van der Waals surface area contributed by atoms with E-state index in [1.54, 1.807) is 41.9 Å². The Morgan fingerprint density at radius 1 is 0.862 bits per heavy atom. The van der Waals surface area contributed by atoms with Crippen LogP contribution in [0, 0.1) is 0 Å². The average Bonchev–Trinajstić information content (AvgIpc) is 2.73. The monoisotopic (exact) mass is 400 g/mol. The van der Waals surface area contributed by atoms with Crippen molar-refractivity contribution in [3.63, 3.8) is 0 Å². The number of anilines is 1. The molecule has 7 heteroatoms. The first-order chi connectivity index (χ1) is 13.9. The number of carbonyl (C=O) groups excluding carboxylic acids is 1. The summed E-state index contributed by atoms with van der Waals surface area (Å²) in [6, 6.07) is 21.1. The van der Waals surface area contributed by atoms with Gasteiger partial charge < -0.3 is 5.32 Å². The van der Waals surface area contributed by atoms with E-state index < -0.39 is 23.6 Å². The molecule has 29 heavy (non-hydrogen) atoms. The number of hydrogen-bond donors (Lipinski definition) is 3. The molecule has 4 nitrogen and oxygen atoms in total. The molecule has 0 aliphatic heterocycles. The van der Waals surface area contributed by atoms with E-state index in [0.717, 1.165) is 23.4 Å². The van der Waals surface area contributed by atoms with E-state index in [-0.39, 0.29) is 0 Å². The SMILES string of the molecule is O=C(NO)C(c1ccccc1)c1ccc(NCc2ccc(C(F)(F)F)cc2)cc1. The highest BCUT2D eigenvalue weighted by Crippen LogP contribution is 2.29. The highest BCUT2D eigenvalue weighted by molar-refractivity contribution is 5.86. The second-order valence-corrected chi connectivity index (χ2v) is 6.49. The van der Waals surface area contributed by atoms with Gasteiger partial charge in [-0.05, 0) is 41.0 Å². The fourth-order valence-electron chi connectivity index (χ4n) is 3.01. The summed E-state index contributed by atoms with van der Waals surface area (Å²) < 4.78 is 37.9. The minimum Gasteiger partial charge on any atom is -0.381 e. The Labute approximate surface area is 166 Å². The first-order valence-corrected chi connectivity index (χ1v) is 8.87. The quantitative estimate of drug-likeness (QED) is 0.405. The molecule has 3 aromatic carbocycles. The van der Waals surface area contributed by atoms with Gasteiger partial charge in [0, 0.05) is 12.2 Å². The second-order valence-electron chi connectivity index (χ2n) is 6.49. The van der Waals surface area contributed by atoms with E-state index in [1.165, 1.54) is 12.1 Å². The number of benzene rings is 3. The van der Waals surface area contributed by atoms with Crippen LogP contribution in [0.2, 0.25) is 0 Å². The van der Waals surface area contributed by atoms with Gasteiger partial charge in [0.25, 0.3) is 5.91 Å². The molecule has 3 N–H and O–H groups in total. The molecule has 0 saturated heterocycles. The molecule has 150 valence electrons. The Hall–Kier alpha value is -3.32. The summed E-state index contributed by atoms with van der Waals surface area (Å²) in [5, 5.41) is 12.2. The zero-order valence-corrected chi connectivity index (χ0v) is 15.3. The van der Waals surface area contributed by atoms with E-state index in [2.05, 4.69) is 5.32 Å². The van der Waals surface area contributed by atoms with Gasteiger partial charge in [-0.25, -0.2) is 5.48 Å². The maximum absolute atomic E-state index is 12.6. The van der Waals surface area contributed by atoms with Gasteiger partial charge in [0.05, 0.1) is 11.5 Å². The lowest BCUT2D eigenvalue weighted by Crippen LogP contribution is -2.27. The van der Waals surface area contributed by atoms with Crippen LogP contribution in [0.15, 0.2) is 78.9 Å². The van der Waals surface area contributed by atoms with Crippen LogP contribution >= 0.6 is 0 Å². The molecule has 0 fully saturated rings. The highest BCUT2D eigenvalue weighted by atomic mass is 19.4. The van der Waals surface area contributed by atoms with Gasteiger partial charge in [-0.1, -0.05) is 54.6 Å². The molecule has 0 radical (unpaired) electrons. The Kier molecular flexibility index (Phi) is 6.19. The first kappa shape index (κ1) is 20.4. The standard InChI is InChI=1S/C22H19F3N2O2/c23-22(24,25)18-10-6-15(7-11-18)14-26-19-12-8-17(9-13-19)20(21(28)27-29)16-4-2-1-3-5-16/h1-13,20,26,29H,14H2,(H,27,28). The predicted molar refractivity (Wildman–Crippen MR) is 103 cm³/mol. The van der Waals surface area contributed by atoms with E-state index >= 15 is 0 Å². The van der Waals surface area contributed by atoms with Crippen LogP contribution in [-0.2, 0) is 17.5 Å². The van der Waals surface area contributed by atoms with Crippen LogP contribution in [-0.4, -0.2) is 11.1 Å². The zero-order valence-electron chi connectivity index (χ0n) is 15.3. The van der Waals surface area contributed by atoms with Crippen molar-refractivity contribution >= 4 is 11.6 Å². The molecular formula is C22H19F3N2O2. The van der Waals surface area contributed by atoms with E-state index in [9.17, 15) is 18.0 Å². The maximum atomic E-state index is 12.6. The molecule has 0 spiro atoms. The Morgan fingerprint density at radius 3 is 2.00 bits per heavy atom. The Morgan fingerprint density at radius 2 is 1.45 bits per heavy atom. The number of hydrogen-bond acceptors (Lipinski definition) is 3. The minimum atomic E-state index is -4.35. The van der Waals surface area contributed by atoms with Crippen molar-refractivity contribution in [3.05, 3.63) is 101 Å². The summed E-state index contributed by atoms with van der Waals surface area (Å²) in [4.78, 5) is 12.1. The average molecular weight is 400 g/mol. The van der Waals surface area contributed by atoms with Crippen molar-refractivity contribution < 1.29 is 23.2 Å². The topological polar surface area (TPSA) is 61.4 Å². The molecule has 3 aromatic rings. The van der Waals surface area contributed by atoms with Crippen molar-refractivity contribution in [2.45, 2.75) is 18.6 Å². The number of halogens is 3. The zero-order chi connectivity index (χ0) is 20.9. The maximum Gasteiger partial charge on any atom is 0.416 e. The van der Waals surface area contributed by atoms with E-state index in [4.69, 9.17) is 5.21 Å². The lowest BCUT2D eigenvalue weighted by molar-refractivity contribution is -0.137. The molecule has 1 atom stereocenters. The van der Waals surface area contributed by atoms with Crippen molar-refractivity contribution in [2.24, 2.45) is 0 Å². The smallest absolute Gasteiger partial charge is 0.381 e. The third kappa shape index (κ3) is 5.14. The second kappa shape index (κ2) is 8.79. The molecular weight excluding hydrogens is 381 g/mol. The predicted octanol–water partition coefficient (Wildman–Crippen LogP) is 4.95. The number of nitrogens with one attached hydrogen (secondary N) is 2. The van der Waals surface area contributed by atoms with Crippen LogP contribution in [0.25, 0.3) is 0 Å². The summed E-state index contributed by atoms with van der Waals surface area (Å²) in [6.45, 7) is 0.358. The molecule has 0 bridgehead atoms. The van der Waals surface area contributed by atoms with E-state index in [1.807, 2.05) is 18.2 Å². The van der Waals surface area contributed by atoms with Gasteiger partial charge in [-0.2, -0.15) is 13.2 Å². The number of carbonyl (C=O) groups is 1. The van der Waals surface area contributed by atoms with Gasteiger partial charge >= 0.3 is 6.18 Å². The number of amides is 1.